The maximum absolute atomic E-state index is 13.8. The Morgan fingerprint density at radius 3 is 2.52 bits per heavy atom. The van der Waals surface area contributed by atoms with E-state index in [1.165, 1.54) is 0 Å². The summed E-state index contributed by atoms with van der Waals surface area (Å²) < 4.78 is 54.0. The van der Waals surface area contributed by atoms with Gasteiger partial charge in [-0.05, 0) is 36.4 Å². The Bertz CT molecular complexity index is 782. The summed E-state index contributed by atoms with van der Waals surface area (Å²) in [6.45, 7) is 0.229. The number of sulfonamides is 1. The standard InChI is InChI=1S/C16H17F2NO2S2/c17-12-5-6-14(13(18)10-12)23(20,21)19-11-16(7-1-2-8-16)15-4-3-9-22-15/h3-6,9-10,19H,1-2,7-8,11H2. The Hall–Kier alpha value is -1.31. The zero-order chi connectivity index (χ0) is 16.5. The normalized spacial score (nSPS) is 17.5. The molecule has 1 aliphatic carbocycles. The van der Waals surface area contributed by atoms with Crippen LogP contribution in [0.15, 0.2) is 40.6 Å². The minimum absolute atomic E-state index is 0.224. The van der Waals surface area contributed by atoms with Crippen LogP contribution in [0.5, 0.6) is 0 Å². The highest BCUT2D eigenvalue weighted by atomic mass is 32.2. The average Bonchev–Trinajstić information content (AvgIpc) is 3.17. The maximum Gasteiger partial charge on any atom is 0.243 e. The number of halogens is 2. The molecular weight excluding hydrogens is 340 g/mol. The summed E-state index contributed by atoms with van der Waals surface area (Å²) >= 11 is 1.61. The molecule has 0 spiro atoms. The van der Waals surface area contributed by atoms with Gasteiger partial charge in [0, 0.05) is 22.9 Å². The molecule has 1 fully saturated rings. The molecule has 2 aromatic rings. The number of benzene rings is 1. The molecule has 7 heteroatoms. The summed E-state index contributed by atoms with van der Waals surface area (Å²) in [5.41, 5.74) is -0.224. The van der Waals surface area contributed by atoms with E-state index in [4.69, 9.17) is 0 Å². The summed E-state index contributed by atoms with van der Waals surface area (Å²) in [5, 5.41) is 1.98. The summed E-state index contributed by atoms with van der Waals surface area (Å²) in [5.74, 6) is -1.87. The molecule has 0 radical (unpaired) electrons. The summed E-state index contributed by atoms with van der Waals surface area (Å²) in [7, 11) is -4.01. The molecule has 3 rings (SSSR count). The summed E-state index contributed by atoms with van der Waals surface area (Å²) in [4.78, 5) is 0.635. The third kappa shape index (κ3) is 3.32. The van der Waals surface area contributed by atoms with Crippen LogP contribution in [0.4, 0.5) is 8.78 Å². The van der Waals surface area contributed by atoms with Gasteiger partial charge in [-0.2, -0.15) is 0 Å². The Morgan fingerprint density at radius 1 is 1.17 bits per heavy atom. The molecule has 124 valence electrons. The lowest BCUT2D eigenvalue weighted by Gasteiger charge is -2.28. The zero-order valence-electron chi connectivity index (χ0n) is 12.4. The molecule has 0 unspecified atom stereocenters. The van der Waals surface area contributed by atoms with E-state index in [1.807, 2.05) is 17.5 Å². The van der Waals surface area contributed by atoms with Crippen molar-refractivity contribution in [3.63, 3.8) is 0 Å². The van der Waals surface area contributed by atoms with E-state index in [0.29, 0.717) is 6.07 Å². The first-order chi connectivity index (χ1) is 10.9. The molecule has 1 saturated carbocycles. The molecule has 0 amide bonds. The van der Waals surface area contributed by atoms with Gasteiger partial charge in [0.15, 0.2) is 0 Å². The Labute approximate surface area is 138 Å². The second kappa shape index (κ2) is 6.30. The number of hydrogen-bond acceptors (Lipinski definition) is 3. The lowest BCUT2D eigenvalue weighted by Crippen LogP contribution is -2.38. The van der Waals surface area contributed by atoms with E-state index in [9.17, 15) is 17.2 Å². The fourth-order valence-corrected chi connectivity index (χ4v) is 5.32. The van der Waals surface area contributed by atoms with Gasteiger partial charge in [-0.3, -0.25) is 0 Å². The Morgan fingerprint density at radius 2 is 1.91 bits per heavy atom. The first kappa shape index (κ1) is 16.5. The molecule has 1 aliphatic rings. The van der Waals surface area contributed by atoms with Crippen molar-refractivity contribution in [2.45, 2.75) is 36.0 Å². The smallest absolute Gasteiger partial charge is 0.210 e. The van der Waals surface area contributed by atoms with Crippen molar-refractivity contribution in [1.29, 1.82) is 0 Å². The van der Waals surface area contributed by atoms with Crippen molar-refractivity contribution in [3.05, 3.63) is 52.2 Å². The lowest BCUT2D eigenvalue weighted by atomic mass is 9.85. The SMILES string of the molecule is O=S(=O)(NCC1(c2cccs2)CCCC1)c1ccc(F)cc1F. The van der Waals surface area contributed by atoms with Gasteiger partial charge in [0.25, 0.3) is 0 Å². The van der Waals surface area contributed by atoms with Crippen LogP contribution < -0.4 is 4.72 Å². The van der Waals surface area contributed by atoms with E-state index in [2.05, 4.69) is 4.72 Å². The molecular formula is C16H17F2NO2S2. The number of hydrogen-bond donors (Lipinski definition) is 1. The molecule has 3 nitrogen and oxygen atoms in total. The van der Waals surface area contributed by atoms with Gasteiger partial charge < -0.3 is 0 Å². The van der Waals surface area contributed by atoms with Crippen LogP contribution in [0.25, 0.3) is 0 Å². The fourth-order valence-electron chi connectivity index (χ4n) is 3.15. The van der Waals surface area contributed by atoms with Crippen LogP contribution in [-0.4, -0.2) is 15.0 Å². The highest BCUT2D eigenvalue weighted by Crippen LogP contribution is 2.42. The van der Waals surface area contributed by atoms with Crippen molar-refractivity contribution in [3.8, 4) is 0 Å². The second-order valence-electron chi connectivity index (χ2n) is 5.86. The third-order valence-electron chi connectivity index (χ3n) is 4.39. The van der Waals surface area contributed by atoms with Crippen molar-refractivity contribution in [2.24, 2.45) is 0 Å². The van der Waals surface area contributed by atoms with E-state index in [-0.39, 0.29) is 12.0 Å². The van der Waals surface area contributed by atoms with Crippen LogP contribution in [0.3, 0.4) is 0 Å². The van der Waals surface area contributed by atoms with Gasteiger partial charge in [-0.1, -0.05) is 18.9 Å². The number of rotatable bonds is 5. The molecule has 0 saturated heterocycles. The van der Waals surface area contributed by atoms with Gasteiger partial charge in [-0.15, -0.1) is 11.3 Å². The maximum atomic E-state index is 13.8. The molecule has 0 aliphatic heterocycles. The summed E-state index contributed by atoms with van der Waals surface area (Å²) in [6, 6.07) is 6.46. The third-order valence-corrected chi connectivity index (χ3v) is 6.94. The number of nitrogens with one attached hydrogen (secondary N) is 1. The quantitative estimate of drug-likeness (QED) is 0.884. The van der Waals surface area contributed by atoms with Crippen LogP contribution in [-0.2, 0) is 15.4 Å². The second-order valence-corrected chi connectivity index (χ2v) is 8.55. The minimum atomic E-state index is -4.01. The van der Waals surface area contributed by atoms with E-state index in [0.717, 1.165) is 42.7 Å². The predicted octanol–water partition coefficient (Wildman–Crippen LogP) is 3.82. The topological polar surface area (TPSA) is 46.2 Å². The molecule has 1 aromatic heterocycles. The van der Waals surface area contributed by atoms with E-state index >= 15 is 0 Å². The van der Waals surface area contributed by atoms with Gasteiger partial charge in [-0.25, -0.2) is 21.9 Å². The van der Waals surface area contributed by atoms with Crippen LogP contribution in [0.1, 0.15) is 30.6 Å². The van der Waals surface area contributed by atoms with Gasteiger partial charge >= 0.3 is 0 Å². The molecule has 23 heavy (non-hydrogen) atoms. The van der Waals surface area contributed by atoms with Crippen molar-refractivity contribution >= 4 is 21.4 Å². The fraction of sp³-hybridized carbons (Fsp3) is 0.375. The Kier molecular flexibility index (Phi) is 4.53. The van der Waals surface area contributed by atoms with Crippen molar-refractivity contribution < 1.29 is 17.2 Å². The molecule has 1 N–H and O–H groups in total. The van der Waals surface area contributed by atoms with Crippen molar-refractivity contribution in [1.82, 2.24) is 4.72 Å². The first-order valence-electron chi connectivity index (χ1n) is 7.42. The van der Waals surface area contributed by atoms with Crippen LogP contribution in [0.2, 0.25) is 0 Å². The lowest BCUT2D eigenvalue weighted by molar-refractivity contribution is 0.439. The largest absolute Gasteiger partial charge is 0.243 e. The first-order valence-corrected chi connectivity index (χ1v) is 9.78. The monoisotopic (exact) mass is 357 g/mol. The Balaban J connectivity index is 1.83. The highest BCUT2D eigenvalue weighted by molar-refractivity contribution is 7.89. The van der Waals surface area contributed by atoms with Crippen LogP contribution in [0, 0.1) is 11.6 Å². The van der Waals surface area contributed by atoms with Crippen molar-refractivity contribution in [2.75, 3.05) is 6.54 Å². The molecule has 1 heterocycles. The van der Waals surface area contributed by atoms with Gasteiger partial charge in [0.1, 0.15) is 16.5 Å². The summed E-state index contributed by atoms with van der Waals surface area (Å²) in [6.07, 6.45) is 3.90. The molecule has 1 aromatic carbocycles. The molecule has 0 atom stereocenters. The van der Waals surface area contributed by atoms with Gasteiger partial charge in [0.2, 0.25) is 10.0 Å². The zero-order valence-corrected chi connectivity index (χ0v) is 14.0. The number of thiophene rings is 1. The molecule has 0 bridgehead atoms. The van der Waals surface area contributed by atoms with Gasteiger partial charge in [0.05, 0.1) is 0 Å². The highest BCUT2D eigenvalue weighted by Gasteiger charge is 2.37. The van der Waals surface area contributed by atoms with E-state index < -0.39 is 26.6 Å². The average molecular weight is 357 g/mol. The van der Waals surface area contributed by atoms with Crippen LogP contribution >= 0.6 is 11.3 Å². The van der Waals surface area contributed by atoms with E-state index in [1.54, 1.807) is 11.3 Å². The predicted molar refractivity (Wildman–Crippen MR) is 86.0 cm³/mol. The minimum Gasteiger partial charge on any atom is -0.210 e.